The predicted molar refractivity (Wildman–Crippen MR) is 167 cm³/mol. The molecule has 0 aliphatic carbocycles. The number of hydrogen-bond donors (Lipinski definition) is 0. The topological polar surface area (TPSA) is 3.24 Å². The Balaban J connectivity index is 4.26. The minimum Gasteiger partial charge on any atom is -0.413 e. The molecule has 1 fully saturated rings. The summed E-state index contributed by atoms with van der Waals surface area (Å²) < 4.78 is 3.26. The van der Waals surface area contributed by atoms with Crippen LogP contribution in [0.4, 0.5) is 0 Å². The number of nitrogens with zero attached hydrogens (tertiary/aromatic N) is 1. The maximum atomic E-state index is 3.26. The summed E-state index contributed by atoms with van der Waals surface area (Å²) in [4.78, 5) is 0. The van der Waals surface area contributed by atoms with Crippen molar-refractivity contribution in [3.63, 3.8) is 0 Å². The second-order valence-electron chi connectivity index (χ2n) is 15.1. The van der Waals surface area contributed by atoms with Gasteiger partial charge in [-0.3, -0.25) is 0 Å². The third kappa shape index (κ3) is 5.38. The highest BCUT2D eigenvalue weighted by Gasteiger charge is 2.63. The van der Waals surface area contributed by atoms with E-state index in [9.17, 15) is 0 Å². The summed E-state index contributed by atoms with van der Waals surface area (Å²) in [5.41, 5.74) is 1.96. The van der Waals surface area contributed by atoms with E-state index in [0.717, 1.165) is 11.1 Å². The third-order valence-corrected chi connectivity index (χ3v) is 151. The maximum Gasteiger partial charge on any atom is 0.0743 e. The fourth-order valence-electron chi connectivity index (χ4n) is 8.77. The standard InChI is InChI=1S/C22H58NSi8/c1-21(2)30(26(5,6)7,27(8,9)10)24-25(23-19-17-18-20-23)31(22(3)4,28(11,12)13)29(14,15)16/h21-22H,17-20H2,1-16H3. The minimum absolute atomic E-state index is 0.445. The molecule has 0 N–H and O–H groups in total. The lowest BCUT2D eigenvalue weighted by molar-refractivity contribution is 0.556. The molecule has 1 nitrogen and oxygen atoms in total. The molecule has 0 saturated carbocycles. The van der Waals surface area contributed by atoms with Crippen molar-refractivity contribution in [3.05, 3.63) is 0 Å². The van der Waals surface area contributed by atoms with Crippen molar-refractivity contribution in [3.8, 4) is 0 Å². The van der Waals surface area contributed by atoms with Gasteiger partial charge in [-0.2, -0.15) is 0 Å². The Hall–Kier alpha value is 1.54. The van der Waals surface area contributed by atoms with Gasteiger partial charge in [-0.05, 0) is 12.8 Å². The Bertz CT molecular complexity index is 610. The van der Waals surface area contributed by atoms with Crippen LogP contribution in [0.5, 0.6) is 0 Å². The Kier molecular flexibility index (Phi) is 9.75. The van der Waals surface area contributed by atoms with E-state index in [2.05, 4.69) is 111 Å². The Morgan fingerprint density at radius 3 is 1.16 bits per heavy atom. The zero-order valence-electron chi connectivity index (χ0n) is 24.4. The van der Waals surface area contributed by atoms with Gasteiger partial charge in [-0.1, -0.05) is 117 Å². The molecule has 1 saturated heterocycles. The van der Waals surface area contributed by atoms with Crippen molar-refractivity contribution in [2.75, 3.05) is 13.1 Å². The van der Waals surface area contributed by atoms with Crippen LogP contribution >= 0.6 is 0 Å². The van der Waals surface area contributed by atoms with Crippen LogP contribution in [0.1, 0.15) is 40.5 Å². The first kappa shape index (κ1) is 30.6. The van der Waals surface area contributed by atoms with E-state index >= 15 is 0 Å². The van der Waals surface area contributed by atoms with Gasteiger partial charge < -0.3 is 4.57 Å². The van der Waals surface area contributed by atoms with E-state index in [0.29, 0.717) is 0 Å². The molecule has 0 unspecified atom stereocenters. The molecule has 0 amide bonds. The van der Waals surface area contributed by atoms with Gasteiger partial charge in [0.1, 0.15) is 0 Å². The van der Waals surface area contributed by atoms with E-state index in [4.69, 9.17) is 0 Å². The normalized spacial score (nSPS) is 18.5. The molecule has 1 aliphatic rings. The Morgan fingerprint density at radius 1 is 0.581 bits per heavy atom. The summed E-state index contributed by atoms with van der Waals surface area (Å²) in [6.07, 6.45) is 2.96. The molecule has 1 heterocycles. The van der Waals surface area contributed by atoms with Gasteiger partial charge in [0.15, 0.2) is 0 Å². The SMILES string of the molecule is CC(C)[Si]([Si]=[Si](N1CCCC1)[Si](C(C)C)([Si](C)(C)C)[Si](C)(C)C)([Si](C)(C)C)[Si](C)(C)C. The van der Waals surface area contributed by atoms with Crippen LogP contribution in [0, 0.1) is 0 Å². The molecule has 0 aromatic rings. The summed E-state index contributed by atoms with van der Waals surface area (Å²) in [5.74, 6) is 0. The van der Waals surface area contributed by atoms with Crippen molar-refractivity contribution in [2.45, 2.75) is 130 Å². The zero-order valence-corrected chi connectivity index (χ0v) is 32.4. The van der Waals surface area contributed by atoms with E-state index in [1.165, 1.54) is 34.1 Å². The monoisotopic (exact) mass is 560 g/mol. The summed E-state index contributed by atoms with van der Waals surface area (Å²) >= 11 is 0. The predicted octanol–water partition coefficient (Wildman–Crippen LogP) is 7.23. The highest BCUT2D eigenvalue weighted by atomic mass is 30.1. The number of rotatable bonds is 9. The van der Waals surface area contributed by atoms with Crippen LogP contribution in [0.2, 0.25) is 89.6 Å². The van der Waals surface area contributed by atoms with Crippen LogP contribution in [-0.4, -0.2) is 77.0 Å². The average Bonchev–Trinajstić information content (AvgIpc) is 2.98. The van der Waals surface area contributed by atoms with Gasteiger partial charge in [0.25, 0.3) is 0 Å². The highest BCUT2D eigenvalue weighted by molar-refractivity contribution is 7.94. The van der Waals surface area contributed by atoms with E-state index in [1.807, 2.05) is 0 Å². The molecule has 0 bridgehead atoms. The molecule has 0 aromatic carbocycles. The second kappa shape index (κ2) is 9.89. The van der Waals surface area contributed by atoms with E-state index in [1.54, 1.807) is 0 Å². The molecule has 1 radical (unpaired) electrons. The van der Waals surface area contributed by atoms with Gasteiger partial charge in [0, 0.05) is 51.6 Å². The first-order valence-corrected chi connectivity index (χ1v) is 40.6. The fourth-order valence-corrected chi connectivity index (χ4v) is 223. The summed E-state index contributed by atoms with van der Waals surface area (Å²) in [7, 11) is -3.97. The van der Waals surface area contributed by atoms with E-state index < -0.39 is 51.2 Å². The lowest BCUT2D eigenvalue weighted by Crippen LogP contribution is -2.85. The molecule has 31 heavy (non-hydrogen) atoms. The van der Waals surface area contributed by atoms with Crippen molar-refractivity contribution < 1.29 is 0 Å². The van der Waals surface area contributed by atoms with Crippen LogP contribution in [0.3, 0.4) is 0 Å². The molecule has 1 rings (SSSR count). The van der Waals surface area contributed by atoms with Crippen molar-refractivity contribution in [2.24, 2.45) is 0 Å². The summed E-state index contributed by atoms with van der Waals surface area (Å²) in [6, 6.07) is 0. The van der Waals surface area contributed by atoms with E-state index in [-0.39, 0.29) is 0 Å². The van der Waals surface area contributed by atoms with Crippen LogP contribution in [-0.2, 0) is 0 Å². The summed E-state index contributed by atoms with van der Waals surface area (Å²) in [5, 5.41) is 0. The molecule has 183 valence electrons. The highest BCUT2D eigenvalue weighted by Crippen LogP contribution is 2.42. The lowest BCUT2D eigenvalue weighted by atomic mass is 10.4. The largest absolute Gasteiger partial charge is 0.413 e. The first-order chi connectivity index (χ1) is 13.6. The maximum absolute atomic E-state index is 3.26. The van der Waals surface area contributed by atoms with Crippen LogP contribution in [0.15, 0.2) is 0 Å². The van der Waals surface area contributed by atoms with Gasteiger partial charge in [-0.15, -0.1) is 0 Å². The van der Waals surface area contributed by atoms with Crippen molar-refractivity contribution in [1.82, 2.24) is 4.57 Å². The Morgan fingerprint density at radius 2 is 0.935 bits per heavy atom. The molecule has 0 spiro atoms. The molecule has 0 atom stereocenters. The molecular formula is C22H58NSi8. The van der Waals surface area contributed by atoms with Gasteiger partial charge in [0.2, 0.25) is 0 Å². The van der Waals surface area contributed by atoms with Gasteiger partial charge >= 0.3 is 0 Å². The lowest BCUT2D eigenvalue weighted by Gasteiger charge is -2.59. The Labute approximate surface area is 206 Å². The third-order valence-electron chi connectivity index (χ3n) is 8.58. The molecule has 9 heteroatoms. The fraction of sp³-hybridized carbons (Fsp3) is 1.00. The van der Waals surface area contributed by atoms with Crippen molar-refractivity contribution >= 4 is 59.3 Å². The average molecular weight is 561 g/mol. The van der Waals surface area contributed by atoms with Crippen molar-refractivity contribution in [1.29, 1.82) is 0 Å². The smallest absolute Gasteiger partial charge is 0.0743 e. The molecule has 0 aromatic heterocycles. The van der Waals surface area contributed by atoms with Crippen LogP contribution in [0.25, 0.3) is 0 Å². The van der Waals surface area contributed by atoms with Crippen LogP contribution < -0.4 is 0 Å². The zero-order chi connectivity index (χ0) is 24.8. The second-order valence-corrected chi connectivity index (χ2v) is 88.8. The van der Waals surface area contributed by atoms with Gasteiger partial charge in [-0.25, -0.2) is 0 Å². The minimum atomic E-state index is -1.39. The molecular weight excluding hydrogens is 503 g/mol. The number of hydrogen-bond acceptors (Lipinski definition) is 1. The first-order valence-electron chi connectivity index (χ1n) is 13.0. The molecule has 1 aliphatic heterocycles. The van der Waals surface area contributed by atoms with Gasteiger partial charge in [0.05, 0.1) is 20.8 Å². The summed E-state index contributed by atoms with van der Waals surface area (Å²) in [6.45, 7) is 44.9. The quantitative estimate of drug-likeness (QED) is 0.269.